The molecule has 0 bridgehead atoms. The summed E-state index contributed by atoms with van der Waals surface area (Å²) in [4.78, 5) is 10.9. The second-order valence-corrected chi connectivity index (χ2v) is 4.87. The van der Waals surface area contributed by atoms with Crippen LogP contribution in [0.3, 0.4) is 0 Å². The Morgan fingerprint density at radius 3 is 2.80 bits per heavy atom. The number of benzene rings is 2. The standard InChI is InChI=1S/C17H16O3/c1-19-16-8-6-12(11-18)10-17(16)20-15-9-7-13-4-2-3-5-14(13)15/h2-6,8,10-11,15H,7,9H2,1H3. The van der Waals surface area contributed by atoms with E-state index in [0.717, 1.165) is 19.1 Å². The molecule has 1 aliphatic rings. The molecular weight excluding hydrogens is 252 g/mol. The lowest BCUT2D eigenvalue weighted by molar-refractivity contribution is 0.112. The van der Waals surface area contributed by atoms with Gasteiger partial charge in [-0.05, 0) is 42.2 Å². The van der Waals surface area contributed by atoms with Crippen LogP contribution in [0.4, 0.5) is 0 Å². The summed E-state index contributed by atoms with van der Waals surface area (Å²) in [7, 11) is 1.60. The van der Waals surface area contributed by atoms with Gasteiger partial charge >= 0.3 is 0 Å². The molecule has 102 valence electrons. The van der Waals surface area contributed by atoms with Gasteiger partial charge in [-0.15, -0.1) is 0 Å². The van der Waals surface area contributed by atoms with Gasteiger partial charge in [-0.3, -0.25) is 4.79 Å². The molecule has 0 N–H and O–H groups in total. The number of methoxy groups -OCH3 is 1. The van der Waals surface area contributed by atoms with Crippen LogP contribution in [0.5, 0.6) is 11.5 Å². The van der Waals surface area contributed by atoms with Gasteiger partial charge < -0.3 is 9.47 Å². The third-order valence-corrected chi connectivity index (χ3v) is 3.67. The van der Waals surface area contributed by atoms with Crippen LogP contribution in [0.2, 0.25) is 0 Å². The third kappa shape index (κ3) is 2.27. The van der Waals surface area contributed by atoms with E-state index < -0.39 is 0 Å². The number of carbonyl (C=O) groups excluding carboxylic acids is 1. The molecule has 0 saturated heterocycles. The number of ether oxygens (including phenoxy) is 2. The van der Waals surface area contributed by atoms with Crippen molar-refractivity contribution in [3.63, 3.8) is 0 Å². The van der Waals surface area contributed by atoms with E-state index >= 15 is 0 Å². The topological polar surface area (TPSA) is 35.5 Å². The zero-order valence-corrected chi connectivity index (χ0v) is 11.3. The van der Waals surface area contributed by atoms with E-state index in [1.54, 1.807) is 25.3 Å². The Hall–Kier alpha value is -2.29. The molecule has 1 aliphatic carbocycles. The van der Waals surface area contributed by atoms with Crippen LogP contribution in [-0.4, -0.2) is 13.4 Å². The van der Waals surface area contributed by atoms with E-state index in [9.17, 15) is 4.79 Å². The van der Waals surface area contributed by atoms with Crippen molar-refractivity contribution in [2.24, 2.45) is 0 Å². The molecule has 0 spiro atoms. The first-order chi connectivity index (χ1) is 9.81. The average Bonchev–Trinajstić information content (AvgIpc) is 2.90. The zero-order valence-electron chi connectivity index (χ0n) is 11.3. The van der Waals surface area contributed by atoms with Crippen molar-refractivity contribution in [3.05, 3.63) is 59.2 Å². The SMILES string of the molecule is COc1ccc(C=O)cc1OC1CCc2ccccc21. The maximum absolute atomic E-state index is 10.9. The van der Waals surface area contributed by atoms with Crippen LogP contribution in [0.25, 0.3) is 0 Å². The first-order valence-electron chi connectivity index (χ1n) is 6.69. The minimum absolute atomic E-state index is 0.0296. The fourth-order valence-corrected chi connectivity index (χ4v) is 2.65. The third-order valence-electron chi connectivity index (χ3n) is 3.67. The van der Waals surface area contributed by atoms with Crippen LogP contribution < -0.4 is 9.47 Å². The Morgan fingerprint density at radius 2 is 2.00 bits per heavy atom. The average molecular weight is 268 g/mol. The van der Waals surface area contributed by atoms with Gasteiger partial charge in [0.2, 0.25) is 0 Å². The summed E-state index contributed by atoms with van der Waals surface area (Å²) in [6.07, 6.45) is 2.82. The lowest BCUT2D eigenvalue weighted by Crippen LogP contribution is -2.05. The van der Waals surface area contributed by atoms with E-state index in [0.29, 0.717) is 17.1 Å². The van der Waals surface area contributed by atoms with E-state index in [2.05, 4.69) is 18.2 Å². The van der Waals surface area contributed by atoms with Crippen LogP contribution in [-0.2, 0) is 6.42 Å². The molecule has 3 nitrogen and oxygen atoms in total. The first kappa shape index (κ1) is 12.7. The number of rotatable bonds is 4. The van der Waals surface area contributed by atoms with Crippen molar-refractivity contribution in [1.29, 1.82) is 0 Å². The summed E-state index contributed by atoms with van der Waals surface area (Å²) in [5.41, 5.74) is 3.15. The molecule has 1 unspecified atom stereocenters. The van der Waals surface area contributed by atoms with E-state index in [-0.39, 0.29) is 6.10 Å². The van der Waals surface area contributed by atoms with Gasteiger partial charge in [0.25, 0.3) is 0 Å². The maximum Gasteiger partial charge on any atom is 0.162 e. The van der Waals surface area contributed by atoms with Gasteiger partial charge in [0, 0.05) is 5.56 Å². The molecule has 3 rings (SSSR count). The molecule has 0 aliphatic heterocycles. The Morgan fingerprint density at radius 1 is 1.15 bits per heavy atom. The van der Waals surface area contributed by atoms with E-state index in [4.69, 9.17) is 9.47 Å². The highest BCUT2D eigenvalue weighted by Crippen LogP contribution is 2.38. The second kappa shape index (κ2) is 5.37. The lowest BCUT2D eigenvalue weighted by atomic mass is 10.1. The van der Waals surface area contributed by atoms with Gasteiger partial charge in [-0.1, -0.05) is 24.3 Å². The summed E-state index contributed by atoms with van der Waals surface area (Å²) in [6.45, 7) is 0. The van der Waals surface area contributed by atoms with E-state index in [1.165, 1.54) is 11.1 Å². The summed E-state index contributed by atoms with van der Waals surface area (Å²) in [5.74, 6) is 1.28. The van der Waals surface area contributed by atoms with Crippen LogP contribution in [0, 0.1) is 0 Å². The van der Waals surface area contributed by atoms with Gasteiger partial charge in [0.1, 0.15) is 12.4 Å². The number of aldehydes is 1. The predicted molar refractivity (Wildman–Crippen MR) is 76.5 cm³/mol. The molecule has 0 fully saturated rings. The molecule has 2 aromatic rings. The van der Waals surface area contributed by atoms with Gasteiger partial charge in [-0.2, -0.15) is 0 Å². The minimum Gasteiger partial charge on any atom is -0.493 e. The number of fused-ring (bicyclic) bond motifs is 1. The summed E-state index contributed by atoms with van der Waals surface area (Å²) in [5, 5.41) is 0. The Kier molecular flexibility index (Phi) is 3.42. The van der Waals surface area contributed by atoms with Crippen molar-refractivity contribution in [2.45, 2.75) is 18.9 Å². The number of carbonyl (C=O) groups is 1. The van der Waals surface area contributed by atoms with Crippen molar-refractivity contribution in [3.8, 4) is 11.5 Å². The summed E-state index contributed by atoms with van der Waals surface area (Å²) >= 11 is 0. The predicted octanol–water partition coefficient (Wildman–Crippen LogP) is 3.57. The molecule has 1 atom stereocenters. The second-order valence-electron chi connectivity index (χ2n) is 4.87. The Balaban J connectivity index is 1.90. The number of aryl methyl sites for hydroxylation is 1. The minimum atomic E-state index is 0.0296. The number of hydrogen-bond acceptors (Lipinski definition) is 3. The first-order valence-corrected chi connectivity index (χ1v) is 6.69. The molecule has 2 aromatic carbocycles. The molecule has 0 heterocycles. The highest BCUT2D eigenvalue weighted by atomic mass is 16.5. The molecule has 0 saturated carbocycles. The van der Waals surface area contributed by atoms with Crippen LogP contribution in [0.15, 0.2) is 42.5 Å². The monoisotopic (exact) mass is 268 g/mol. The van der Waals surface area contributed by atoms with Crippen LogP contribution >= 0.6 is 0 Å². The highest BCUT2D eigenvalue weighted by molar-refractivity contribution is 5.76. The Labute approximate surface area is 118 Å². The molecule has 0 radical (unpaired) electrons. The van der Waals surface area contributed by atoms with Crippen LogP contribution in [0.1, 0.15) is 34.0 Å². The molecule has 0 aromatic heterocycles. The molecule has 20 heavy (non-hydrogen) atoms. The quantitative estimate of drug-likeness (QED) is 0.795. The summed E-state index contributed by atoms with van der Waals surface area (Å²) < 4.78 is 11.4. The molecule has 0 amide bonds. The van der Waals surface area contributed by atoms with Crippen molar-refractivity contribution in [1.82, 2.24) is 0 Å². The Bertz CT molecular complexity index is 634. The van der Waals surface area contributed by atoms with Gasteiger partial charge in [-0.25, -0.2) is 0 Å². The van der Waals surface area contributed by atoms with Crippen molar-refractivity contribution >= 4 is 6.29 Å². The molecular formula is C17H16O3. The normalized spacial score (nSPS) is 16.6. The fourth-order valence-electron chi connectivity index (χ4n) is 2.65. The fraction of sp³-hybridized carbons (Fsp3) is 0.235. The molecule has 3 heteroatoms. The van der Waals surface area contributed by atoms with Crippen molar-refractivity contribution < 1.29 is 14.3 Å². The van der Waals surface area contributed by atoms with Gasteiger partial charge in [0.05, 0.1) is 7.11 Å². The highest BCUT2D eigenvalue weighted by Gasteiger charge is 2.24. The summed E-state index contributed by atoms with van der Waals surface area (Å²) in [6, 6.07) is 13.5. The maximum atomic E-state index is 10.9. The van der Waals surface area contributed by atoms with Crippen molar-refractivity contribution in [2.75, 3.05) is 7.11 Å². The largest absolute Gasteiger partial charge is 0.493 e. The van der Waals surface area contributed by atoms with Gasteiger partial charge in [0.15, 0.2) is 11.5 Å². The zero-order chi connectivity index (χ0) is 13.9. The number of hydrogen-bond donors (Lipinski definition) is 0. The smallest absolute Gasteiger partial charge is 0.162 e. The van der Waals surface area contributed by atoms with E-state index in [1.807, 2.05) is 6.07 Å². The lowest BCUT2D eigenvalue weighted by Gasteiger charge is -2.17.